The van der Waals surface area contributed by atoms with Crippen molar-refractivity contribution in [2.75, 3.05) is 6.54 Å². The fraction of sp³-hybridized carbons (Fsp3) is 0.583. The maximum absolute atomic E-state index is 11.8. The first-order valence-corrected chi connectivity index (χ1v) is 6.18. The lowest BCUT2D eigenvalue weighted by molar-refractivity contribution is 0.0907. The highest BCUT2D eigenvalue weighted by Crippen LogP contribution is 2.03. The monoisotopic (exact) mass is 252 g/mol. The van der Waals surface area contributed by atoms with Crippen LogP contribution in [-0.2, 0) is 0 Å². The number of hydrogen-bond donors (Lipinski definition) is 3. The number of nitrogens with zero attached hydrogens (tertiary/aromatic N) is 1. The summed E-state index contributed by atoms with van der Waals surface area (Å²) in [6.07, 6.45) is 3.27. The van der Waals surface area contributed by atoms with E-state index in [1.165, 1.54) is 6.33 Å². The quantitative estimate of drug-likeness (QED) is 0.662. The normalized spacial score (nSPS) is 10.4. The number of hydrogen-bond acceptors (Lipinski definition) is 3. The SMILES string of the molecule is CCCCNC(=O)c1[nH]cnc1C(=O)NC(C)C. The number of rotatable bonds is 6. The highest BCUT2D eigenvalue weighted by molar-refractivity contribution is 6.04. The van der Waals surface area contributed by atoms with Crippen molar-refractivity contribution in [2.45, 2.75) is 39.7 Å². The average Bonchev–Trinajstić information content (AvgIpc) is 2.77. The second kappa shape index (κ2) is 6.78. The van der Waals surface area contributed by atoms with Crippen molar-refractivity contribution >= 4 is 11.8 Å². The van der Waals surface area contributed by atoms with Gasteiger partial charge in [-0.1, -0.05) is 13.3 Å². The van der Waals surface area contributed by atoms with Gasteiger partial charge < -0.3 is 15.6 Å². The van der Waals surface area contributed by atoms with Crippen molar-refractivity contribution in [1.82, 2.24) is 20.6 Å². The van der Waals surface area contributed by atoms with Gasteiger partial charge in [0.05, 0.1) is 6.33 Å². The van der Waals surface area contributed by atoms with E-state index in [-0.39, 0.29) is 29.2 Å². The van der Waals surface area contributed by atoms with Gasteiger partial charge in [0.1, 0.15) is 5.69 Å². The molecule has 1 heterocycles. The van der Waals surface area contributed by atoms with E-state index in [1.807, 2.05) is 20.8 Å². The summed E-state index contributed by atoms with van der Waals surface area (Å²) in [6.45, 7) is 6.35. The van der Waals surface area contributed by atoms with E-state index in [0.717, 1.165) is 12.8 Å². The predicted octanol–water partition coefficient (Wildman–Crippen LogP) is 1.08. The van der Waals surface area contributed by atoms with Gasteiger partial charge in [0.2, 0.25) is 0 Å². The highest BCUT2D eigenvalue weighted by Gasteiger charge is 2.20. The fourth-order valence-electron chi connectivity index (χ4n) is 1.44. The number of carbonyl (C=O) groups excluding carboxylic acids is 2. The minimum atomic E-state index is -0.341. The van der Waals surface area contributed by atoms with Crippen molar-refractivity contribution in [3.8, 4) is 0 Å². The zero-order valence-electron chi connectivity index (χ0n) is 11.0. The van der Waals surface area contributed by atoms with Crippen molar-refractivity contribution in [3.63, 3.8) is 0 Å². The molecular formula is C12H20N4O2. The molecule has 2 amide bonds. The molecule has 6 heteroatoms. The molecule has 0 aliphatic rings. The molecule has 0 bridgehead atoms. The smallest absolute Gasteiger partial charge is 0.272 e. The molecule has 0 aliphatic heterocycles. The highest BCUT2D eigenvalue weighted by atomic mass is 16.2. The van der Waals surface area contributed by atoms with E-state index in [9.17, 15) is 9.59 Å². The Morgan fingerprint density at radius 2 is 2.11 bits per heavy atom. The second-order valence-electron chi connectivity index (χ2n) is 4.36. The van der Waals surface area contributed by atoms with E-state index >= 15 is 0 Å². The molecule has 18 heavy (non-hydrogen) atoms. The molecule has 0 fully saturated rings. The van der Waals surface area contributed by atoms with Crippen LogP contribution in [0, 0.1) is 0 Å². The van der Waals surface area contributed by atoms with Gasteiger partial charge in [0.15, 0.2) is 5.69 Å². The van der Waals surface area contributed by atoms with Crippen LogP contribution in [0.5, 0.6) is 0 Å². The van der Waals surface area contributed by atoms with Gasteiger partial charge in [-0.25, -0.2) is 4.98 Å². The Bertz CT molecular complexity index is 412. The van der Waals surface area contributed by atoms with Crippen LogP contribution in [0.25, 0.3) is 0 Å². The predicted molar refractivity (Wildman–Crippen MR) is 68.4 cm³/mol. The fourth-order valence-corrected chi connectivity index (χ4v) is 1.44. The molecule has 0 atom stereocenters. The van der Waals surface area contributed by atoms with Gasteiger partial charge in [-0.2, -0.15) is 0 Å². The zero-order chi connectivity index (χ0) is 13.5. The minimum absolute atomic E-state index is 0.00482. The number of imidazole rings is 1. The molecule has 0 saturated heterocycles. The van der Waals surface area contributed by atoms with Crippen LogP contribution in [0.1, 0.15) is 54.6 Å². The Morgan fingerprint density at radius 3 is 2.72 bits per heavy atom. The molecule has 1 rings (SSSR count). The van der Waals surface area contributed by atoms with Crippen LogP contribution in [0.4, 0.5) is 0 Å². The summed E-state index contributed by atoms with van der Waals surface area (Å²) >= 11 is 0. The number of nitrogens with one attached hydrogen (secondary N) is 3. The molecule has 0 aliphatic carbocycles. The first-order chi connectivity index (χ1) is 8.56. The summed E-state index contributed by atoms with van der Waals surface area (Å²) in [7, 11) is 0. The molecule has 0 spiro atoms. The summed E-state index contributed by atoms with van der Waals surface area (Å²) in [5.41, 5.74) is 0.349. The first kappa shape index (κ1) is 14.2. The molecule has 0 radical (unpaired) electrons. The van der Waals surface area contributed by atoms with Gasteiger partial charge in [-0.3, -0.25) is 9.59 Å². The standard InChI is InChI=1S/C12H20N4O2/c1-4-5-6-13-11(17)9-10(15-7-14-9)12(18)16-8(2)3/h7-8H,4-6H2,1-3H3,(H,13,17)(H,14,15)(H,16,18). The lowest BCUT2D eigenvalue weighted by Gasteiger charge is -2.08. The average molecular weight is 252 g/mol. The first-order valence-electron chi connectivity index (χ1n) is 6.18. The van der Waals surface area contributed by atoms with E-state index in [1.54, 1.807) is 0 Å². The Kier molecular flexibility index (Phi) is 5.35. The molecule has 1 aromatic rings. The van der Waals surface area contributed by atoms with Gasteiger partial charge in [-0.15, -0.1) is 0 Å². The van der Waals surface area contributed by atoms with E-state index in [4.69, 9.17) is 0 Å². The molecule has 0 saturated carbocycles. The largest absolute Gasteiger partial charge is 0.351 e. The third-order valence-electron chi connectivity index (χ3n) is 2.32. The van der Waals surface area contributed by atoms with Gasteiger partial charge >= 0.3 is 0 Å². The molecule has 1 aromatic heterocycles. The molecule has 6 nitrogen and oxygen atoms in total. The summed E-state index contributed by atoms with van der Waals surface area (Å²) < 4.78 is 0. The number of unbranched alkanes of at least 4 members (excludes halogenated alkanes) is 1. The van der Waals surface area contributed by atoms with Crippen LogP contribution < -0.4 is 10.6 Å². The lowest BCUT2D eigenvalue weighted by atomic mass is 10.2. The summed E-state index contributed by atoms with van der Waals surface area (Å²) in [4.78, 5) is 30.2. The van der Waals surface area contributed by atoms with Crippen molar-refractivity contribution in [2.24, 2.45) is 0 Å². The van der Waals surface area contributed by atoms with Crippen LogP contribution in [0.2, 0.25) is 0 Å². The second-order valence-corrected chi connectivity index (χ2v) is 4.36. The zero-order valence-corrected chi connectivity index (χ0v) is 11.0. The van der Waals surface area contributed by atoms with Gasteiger partial charge in [-0.05, 0) is 20.3 Å². The Labute approximate surface area is 107 Å². The number of carbonyl (C=O) groups is 2. The van der Waals surface area contributed by atoms with Crippen LogP contribution in [-0.4, -0.2) is 34.4 Å². The van der Waals surface area contributed by atoms with Crippen molar-refractivity contribution in [3.05, 3.63) is 17.7 Å². The van der Waals surface area contributed by atoms with Crippen molar-refractivity contribution in [1.29, 1.82) is 0 Å². The molecule has 3 N–H and O–H groups in total. The van der Waals surface area contributed by atoms with Crippen LogP contribution in [0.3, 0.4) is 0 Å². The van der Waals surface area contributed by atoms with E-state index in [2.05, 4.69) is 20.6 Å². The Balaban J connectivity index is 2.69. The summed E-state index contributed by atoms with van der Waals surface area (Å²) in [5, 5.41) is 5.45. The van der Waals surface area contributed by atoms with Gasteiger partial charge in [0, 0.05) is 12.6 Å². The molecule has 0 unspecified atom stereocenters. The maximum Gasteiger partial charge on any atom is 0.272 e. The lowest BCUT2D eigenvalue weighted by Crippen LogP contribution is -2.33. The van der Waals surface area contributed by atoms with E-state index < -0.39 is 0 Å². The number of H-pyrrole nitrogens is 1. The Hall–Kier alpha value is -1.85. The summed E-state index contributed by atoms with van der Waals surface area (Å²) in [6, 6.07) is 0.00482. The summed E-state index contributed by atoms with van der Waals surface area (Å²) in [5.74, 6) is -0.637. The van der Waals surface area contributed by atoms with Crippen LogP contribution >= 0.6 is 0 Å². The van der Waals surface area contributed by atoms with Crippen LogP contribution in [0.15, 0.2) is 6.33 Å². The molecular weight excluding hydrogens is 232 g/mol. The minimum Gasteiger partial charge on any atom is -0.351 e. The third-order valence-corrected chi connectivity index (χ3v) is 2.32. The van der Waals surface area contributed by atoms with Crippen molar-refractivity contribution < 1.29 is 9.59 Å². The number of aromatic nitrogens is 2. The maximum atomic E-state index is 11.8. The molecule has 0 aromatic carbocycles. The topological polar surface area (TPSA) is 86.9 Å². The molecule has 100 valence electrons. The third kappa shape index (κ3) is 3.87. The number of aromatic amines is 1. The number of amides is 2. The van der Waals surface area contributed by atoms with E-state index in [0.29, 0.717) is 6.54 Å². The van der Waals surface area contributed by atoms with Gasteiger partial charge in [0.25, 0.3) is 11.8 Å². The Morgan fingerprint density at radius 1 is 1.39 bits per heavy atom.